The number of hydrogen-bond acceptors (Lipinski definition) is 3. The lowest BCUT2D eigenvalue weighted by molar-refractivity contribution is 0.843. The maximum atomic E-state index is 6.11. The summed E-state index contributed by atoms with van der Waals surface area (Å²) in [5, 5.41) is 0. The first-order valence-corrected chi connectivity index (χ1v) is 7.67. The van der Waals surface area contributed by atoms with E-state index in [-0.39, 0.29) is 11.8 Å². The molecule has 2 aromatic carbocycles. The van der Waals surface area contributed by atoms with E-state index in [1.165, 1.54) is 22.3 Å². The first-order valence-electron chi connectivity index (χ1n) is 7.67. The molecule has 3 heteroatoms. The van der Waals surface area contributed by atoms with Crippen LogP contribution in [-0.2, 0) is 0 Å². The Kier molecular flexibility index (Phi) is 2.85. The number of fused-ring (bicyclic) bond motifs is 3. The lowest BCUT2D eigenvalue weighted by Crippen LogP contribution is -2.18. The van der Waals surface area contributed by atoms with Crippen LogP contribution in [-0.4, -0.2) is 0 Å². The zero-order chi connectivity index (χ0) is 16.1. The zero-order valence-corrected chi connectivity index (χ0v) is 12.8. The largest absolute Gasteiger partial charge is 0.399 e. The van der Waals surface area contributed by atoms with Gasteiger partial charge in [-0.15, -0.1) is 0 Å². The summed E-state index contributed by atoms with van der Waals surface area (Å²) >= 11 is 0. The smallest absolute Gasteiger partial charge is 0.0342 e. The van der Waals surface area contributed by atoms with E-state index in [1.807, 2.05) is 36.4 Å². The Bertz CT molecular complexity index is 836. The predicted octanol–water partition coefficient (Wildman–Crippen LogP) is 3.40. The van der Waals surface area contributed by atoms with Crippen LogP contribution in [0.2, 0.25) is 0 Å². The van der Waals surface area contributed by atoms with Gasteiger partial charge in [-0.05, 0) is 64.2 Å². The van der Waals surface area contributed by atoms with Gasteiger partial charge in [0.05, 0.1) is 0 Å². The molecule has 6 N–H and O–H groups in total. The third-order valence-corrected chi connectivity index (χ3v) is 4.72. The van der Waals surface area contributed by atoms with Crippen molar-refractivity contribution in [2.45, 2.75) is 11.8 Å². The number of rotatable bonds is 0. The third-order valence-electron chi connectivity index (χ3n) is 4.72. The van der Waals surface area contributed by atoms with E-state index in [1.54, 1.807) is 0 Å². The van der Waals surface area contributed by atoms with Gasteiger partial charge in [-0.3, -0.25) is 0 Å². The van der Waals surface area contributed by atoms with E-state index in [2.05, 4.69) is 24.8 Å². The molecule has 2 aromatic rings. The molecule has 0 spiro atoms. The molecule has 0 heterocycles. The Morgan fingerprint density at radius 1 is 0.783 bits per heavy atom. The van der Waals surface area contributed by atoms with Crippen LogP contribution in [0.15, 0.2) is 72.5 Å². The molecular formula is C20H19N3. The minimum atomic E-state index is 0.0294. The molecule has 4 rings (SSSR count). The van der Waals surface area contributed by atoms with E-state index in [9.17, 15) is 0 Å². The van der Waals surface area contributed by atoms with Crippen molar-refractivity contribution in [3.63, 3.8) is 0 Å². The van der Waals surface area contributed by atoms with Crippen LogP contribution in [0.5, 0.6) is 0 Å². The quantitative estimate of drug-likeness (QED) is 0.653. The third kappa shape index (κ3) is 2.05. The fourth-order valence-electron chi connectivity index (χ4n) is 3.75. The standard InChI is InChI=1S/C20H19N3/c1-11-8-12(21)2-5-15-16-6-3-13(22)9-18(16)20(11)19-10-14(23)4-7-17(15)19/h2-10,15,20H,1,21-23H2/b5-2-,12-8+. The van der Waals surface area contributed by atoms with Gasteiger partial charge in [0.15, 0.2) is 0 Å². The van der Waals surface area contributed by atoms with Crippen molar-refractivity contribution < 1.29 is 0 Å². The number of allylic oxidation sites excluding steroid dienone is 4. The molecule has 0 amide bonds. The van der Waals surface area contributed by atoms with E-state index in [0.29, 0.717) is 5.70 Å². The van der Waals surface area contributed by atoms with Gasteiger partial charge in [-0.2, -0.15) is 0 Å². The Balaban J connectivity index is 2.10. The fraction of sp³-hybridized carbons (Fsp3) is 0.100. The van der Waals surface area contributed by atoms with Gasteiger partial charge in [0.1, 0.15) is 0 Å². The van der Waals surface area contributed by atoms with Gasteiger partial charge in [0.2, 0.25) is 0 Å². The summed E-state index contributed by atoms with van der Waals surface area (Å²) in [6.07, 6.45) is 6.04. The molecule has 2 aliphatic rings. The summed E-state index contributed by atoms with van der Waals surface area (Å²) in [7, 11) is 0. The van der Waals surface area contributed by atoms with Crippen molar-refractivity contribution >= 4 is 11.4 Å². The lowest BCUT2D eigenvalue weighted by atomic mass is 9.70. The minimum absolute atomic E-state index is 0.0294. The van der Waals surface area contributed by atoms with Gasteiger partial charge in [0.25, 0.3) is 0 Å². The summed E-state index contributed by atoms with van der Waals surface area (Å²) in [5.41, 5.74) is 26.3. The highest BCUT2D eigenvalue weighted by atomic mass is 14.6. The van der Waals surface area contributed by atoms with Crippen LogP contribution in [0.1, 0.15) is 34.1 Å². The highest BCUT2D eigenvalue weighted by Gasteiger charge is 2.33. The molecule has 0 saturated heterocycles. The first kappa shape index (κ1) is 13.7. The van der Waals surface area contributed by atoms with Crippen molar-refractivity contribution in [3.05, 3.63) is 94.7 Å². The molecule has 0 aromatic heterocycles. The summed E-state index contributed by atoms with van der Waals surface area (Å²) in [6.45, 7) is 4.27. The molecule has 23 heavy (non-hydrogen) atoms. The van der Waals surface area contributed by atoms with Crippen LogP contribution in [0, 0.1) is 0 Å². The van der Waals surface area contributed by atoms with Gasteiger partial charge >= 0.3 is 0 Å². The maximum Gasteiger partial charge on any atom is 0.0342 e. The number of anilines is 2. The van der Waals surface area contributed by atoms with Gasteiger partial charge in [0, 0.05) is 28.9 Å². The molecule has 0 saturated carbocycles. The average molecular weight is 301 g/mol. The van der Waals surface area contributed by atoms with Crippen LogP contribution in [0.3, 0.4) is 0 Å². The van der Waals surface area contributed by atoms with E-state index < -0.39 is 0 Å². The highest BCUT2D eigenvalue weighted by Crippen LogP contribution is 2.48. The topological polar surface area (TPSA) is 78.1 Å². The Labute approximate surface area is 135 Å². The molecule has 0 unspecified atom stereocenters. The molecule has 3 nitrogen and oxygen atoms in total. The Morgan fingerprint density at radius 3 is 1.91 bits per heavy atom. The lowest BCUT2D eigenvalue weighted by Gasteiger charge is -2.33. The summed E-state index contributed by atoms with van der Waals surface area (Å²) in [5.74, 6) is 0.178. The van der Waals surface area contributed by atoms with Crippen molar-refractivity contribution in [1.29, 1.82) is 0 Å². The van der Waals surface area contributed by atoms with E-state index in [0.717, 1.165) is 16.9 Å². The SMILES string of the molecule is C=C1/C=C(N)\C=C/C2c3ccc(N)cc3C1c1cc(N)ccc12. The van der Waals surface area contributed by atoms with Gasteiger partial charge in [-0.1, -0.05) is 24.8 Å². The number of nitrogen functional groups attached to an aromatic ring is 2. The number of nitrogens with two attached hydrogens (primary N) is 3. The maximum absolute atomic E-state index is 6.11. The molecule has 0 radical (unpaired) electrons. The fourth-order valence-corrected chi connectivity index (χ4v) is 3.75. The molecule has 0 aliphatic heterocycles. The monoisotopic (exact) mass is 301 g/mol. The highest BCUT2D eigenvalue weighted by molar-refractivity contribution is 5.65. The molecule has 114 valence electrons. The second-order valence-corrected chi connectivity index (χ2v) is 6.27. The zero-order valence-electron chi connectivity index (χ0n) is 12.8. The predicted molar refractivity (Wildman–Crippen MR) is 95.9 cm³/mol. The Hall–Kier alpha value is -2.94. The molecule has 2 aliphatic carbocycles. The van der Waals surface area contributed by atoms with E-state index in [4.69, 9.17) is 17.2 Å². The van der Waals surface area contributed by atoms with Crippen LogP contribution in [0.25, 0.3) is 0 Å². The molecule has 0 atom stereocenters. The second-order valence-electron chi connectivity index (χ2n) is 6.27. The van der Waals surface area contributed by atoms with Crippen molar-refractivity contribution in [3.8, 4) is 0 Å². The van der Waals surface area contributed by atoms with Crippen molar-refractivity contribution in [1.82, 2.24) is 0 Å². The van der Waals surface area contributed by atoms with Gasteiger partial charge in [-0.25, -0.2) is 0 Å². The van der Waals surface area contributed by atoms with Crippen molar-refractivity contribution in [2.24, 2.45) is 5.73 Å². The Morgan fingerprint density at radius 2 is 1.35 bits per heavy atom. The van der Waals surface area contributed by atoms with Crippen LogP contribution < -0.4 is 17.2 Å². The summed E-state index contributed by atoms with van der Waals surface area (Å²) in [4.78, 5) is 0. The molecular weight excluding hydrogens is 282 g/mol. The summed E-state index contributed by atoms with van der Waals surface area (Å²) in [6, 6.07) is 12.2. The second kappa shape index (κ2) is 4.78. The van der Waals surface area contributed by atoms with E-state index >= 15 is 0 Å². The van der Waals surface area contributed by atoms with Crippen LogP contribution >= 0.6 is 0 Å². The normalized spacial score (nSPS) is 25.4. The summed E-state index contributed by atoms with van der Waals surface area (Å²) < 4.78 is 0. The van der Waals surface area contributed by atoms with Gasteiger partial charge < -0.3 is 17.2 Å². The number of hydrogen-bond donors (Lipinski definition) is 3. The average Bonchev–Trinajstić information content (AvgIpc) is 2.58. The van der Waals surface area contributed by atoms with Crippen molar-refractivity contribution in [2.75, 3.05) is 11.5 Å². The number of benzene rings is 2. The van der Waals surface area contributed by atoms with Crippen LogP contribution in [0.4, 0.5) is 11.4 Å². The molecule has 0 fully saturated rings. The minimum Gasteiger partial charge on any atom is -0.399 e. The first-order chi connectivity index (χ1) is 11.0. The molecule has 2 bridgehead atoms.